The molecule has 0 saturated carbocycles. The van der Waals surface area contributed by atoms with Crippen LogP contribution in [0.1, 0.15) is 23.2 Å². The highest BCUT2D eigenvalue weighted by Gasteiger charge is 2.30. The van der Waals surface area contributed by atoms with Crippen molar-refractivity contribution in [3.05, 3.63) is 105 Å². The van der Waals surface area contributed by atoms with Gasteiger partial charge in [0.1, 0.15) is 0 Å². The van der Waals surface area contributed by atoms with Crippen molar-refractivity contribution in [2.24, 2.45) is 0 Å². The molecule has 0 radical (unpaired) electrons. The summed E-state index contributed by atoms with van der Waals surface area (Å²) in [5.41, 5.74) is 5.18. The quantitative estimate of drug-likeness (QED) is 0.208. The lowest BCUT2D eigenvalue weighted by molar-refractivity contribution is 0.248. The predicted molar refractivity (Wildman–Crippen MR) is 194 cm³/mol. The lowest BCUT2D eigenvalue weighted by Gasteiger charge is -2.36. The molecule has 0 aliphatic carbocycles. The second-order valence-electron chi connectivity index (χ2n) is 12.1. The molecule has 0 spiro atoms. The SMILES string of the molecule is CS(=O)(=O)N1CCc2c(c(-c3ccc(Cl)c(NS(=O)(=O)/C=C/c4ccccc4)c3)nn2CCCN2CCN(c3cccc(Cl)c3)CC2)C1. The number of nitrogens with one attached hydrogen (secondary N) is 1. The van der Waals surface area contributed by atoms with E-state index in [0.717, 1.165) is 72.1 Å². The fraction of sp³-hybridized carbons (Fsp3) is 0.324. The maximum Gasteiger partial charge on any atom is 0.255 e. The molecule has 4 aromatic rings. The van der Waals surface area contributed by atoms with Crippen LogP contribution >= 0.6 is 23.2 Å². The predicted octanol–water partition coefficient (Wildman–Crippen LogP) is 5.80. The number of rotatable bonds is 11. The van der Waals surface area contributed by atoms with E-state index in [4.69, 9.17) is 28.3 Å². The fourth-order valence-electron chi connectivity index (χ4n) is 6.18. The molecule has 1 N–H and O–H groups in total. The molecule has 254 valence electrons. The first-order valence-corrected chi connectivity index (χ1v) is 19.9. The number of anilines is 2. The molecule has 0 atom stereocenters. The second-order valence-corrected chi connectivity index (χ2v) is 16.5. The average molecular weight is 730 g/mol. The van der Waals surface area contributed by atoms with E-state index in [1.807, 2.05) is 53.2 Å². The van der Waals surface area contributed by atoms with Gasteiger partial charge in [0.05, 0.1) is 28.1 Å². The van der Waals surface area contributed by atoms with Gasteiger partial charge in [-0.3, -0.25) is 14.3 Å². The highest BCUT2D eigenvalue weighted by molar-refractivity contribution is 7.95. The molecule has 6 rings (SSSR count). The van der Waals surface area contributed by atoms with Gasteiger partial charge in [-0.1, -0.05) is 65.7 Å². The van der Waals surface area contributed by atoms with Gasteiger partial charge in [-0.05, 0) is 48.4 Å². The van der Waals surface area contributed by atoms with Gasteiger partial charge in [-0.15, -0.1) is 0 Å². The van der Waals surface area contributed by atoms with Crippen LogP contribution in [0.4, 0.5) is 11.4 Å². The summed E-state index contributed by atoms with van der Waals surface area (Å²) in [5.74, 6) is 0. The van der Waals surface area contributed by atoms with Crippen LogP contribution in [0.5, 0.6) is 0 Å². The maximum atomic E-state index is 13.0. The van der Waals surface area contributed by atoms with Gasteiger partial charge in [0.25, 0.3) is 10.0 Å². The van der Waals surface area contributed by atoms with Gasteiger partial charge < -0.3 is 4.90 Å². The molecule has 3 aromatic carbocycles. The third-order valence-electron chi connectivity index (χ3n) is 8.69. The molecule has 0 amide bonds. The molecule has 1 fully saturated rings. The van der Waals surface area contributed by atoms with Gasteiger partial charge in [-0.2, -0.15) is 9.40 Å². The average Bonchev–Trinajstić information content (AvgIpc) is 3.43. The molecular weight excluding hydrogens is 691 g/mol. The summed E-state index contributed by atoms with van der Waals surface area (Å²) in [5, 5.41) is 7.06. The van der Waals surface area contributed by atoms with Crippen LogP contribution in [0, 0.1) is 0 Å². The van der Waals surface area contributed by atoms with Crippen LogP contribution in [0.2, 0.25) is 10.0 Å². The lowest BCUT2D eigenvalue weighted by atomic mass is 10.0. The molecular formula is C34H38Cl2N6O4S2. The molecule has 0 bridgehead atoms. The molecule has 48 heavy (non-hydrogen) atoms. The van der Waals surface area contributed by atoms with Crippen LogP contribution in [-0.4, -0.2) is 81.3 Å². The smallest absolute Gasteiger partial charge is 0.255 e. The number of hydrogen-bond acceptors (Lipinski definition) is 7. The monoisotopic (exact) mass is 728 g/mol. The molecule has 2 aliphatic heterocycles. The topological polar surface area (TPSA) is 108 Å². The van der Waals surface area contributed by atoms with Crippen molar-refractivity contribution < 1.29 is 16.8 Å². The fourth-order valence-corrected chi connectivity index (χ4v) is 8.25. The van der Waals surface area contributed by atoms with E-state index in [9.17, 15) is 16.8 Å². The molecule has 0 unspecified atom stereocenters. The number of aromatic nitrogens is 2. The minimum atomic E-state index is -3.88. The van der Waals surface area contributed by atoms with Crippen molar-refractivity contribution in [2.45, 2.75) is 25.9 Å². The van der Waals surface area contributed by atoms with E-state index in [0.29, 0.717) is 30.8 Å². The van der Waals surface area contributed by atoms with Crippen molar-refractivity contribution in [2.75, 3.05) is 55.1 Å². The Kier molecular flexibility index (Phi) is 10.5. The zero-order chi connectivity index (χ0) is 33.9. The highest BCUT2D eigenvalue weighted by atomic mass is 35.5. The lowest BCUT2D eigenvalue weighted by Crippen LogP contribution is -2.46. The minimum Gasteiger partial charge on any atom is -0.369 e. The van der Waals surface area contributed by atoms with Gasteiger partial charge in [0.15, 0.2) is 0 Å². The third kappa shape index (κ3) is 8.42. The van der Waals surface area contributed by atoms with Gasteiger partial charge in [0.2, 0.25) is 10.0 Å². The van der Waals surface area contributed by atoms with E-state index in [1.165, 1.54) is 16.6 Å². The minimum absolute atomic E-state index is 0.193. The van der Waals surface area contributed by atoms with E-state index in [1.54, 1.807) is 18.2 Å². The molecule has 10 nitrogen and oxygen atoms in total. The Morgan fingerprint density at radius 3 is 2.38 bits per heavy atom. The van der Waals surface area contributed by atoms with Crippen LogP contribution in [-0.2, 0) is 39.6 Å². The molecule has 2 aliphatic rings. The van der Waals surface area contributed by atoms with Crippen molar-refractivity contribution >= 4 is 60.7 Å². The Morgan fingerprint density at radius 1 is 0.875 bits per heavy atom. The largest absolute Gasteiger partial charge is 0.369 e. The van der Waals surface area contributed by atoms with Crippen LogP contribution in [0.25, 0.3) is 17.3 Å². The Morgan fingerprint density at radius 2 is 1.65 bits per heavy atom. The van der Waals surface area contributed by atoms with E-state index in [2.05, 4.69) is 20.6 Å². The Labute approximate surface area is 292 Å². The zero-order valence-corrected chi connectivity index (χ0v) is 29.7. The first-order valence-electron chi connectivity index (χ1n) is 15.8. The summed E-state index contributed by atoms with van der Waals surface area (Å²) >= 11 is 12.7. The van der Waals surface area contributed by atoms with Crippen LogP contribution in [0.15, 0.2) is 78.2 Å². The normalized spacial score (nSPS) is 16.4. The van der Waals surface area contributed by atoms with Crippen molar-refractivity contribution in [3.63, 3.8) is 0 Å². The first kappa shape index (κ1) is 34.5. The number of benzene rings is 3. The van der Waals surface area contributed by atoms with Crippen molar-refractivity contribution in [1.29, 1.82) is 0 Å². The van der Waals surface area contributed by atoms with E-state index < -0.39 is 20.0 Å². The summed E-state index contributed by atoms with van der Waals surface area (Å²) in [6.07, 6.45) is 4.13. The van der Waals surface area contributed by atoms with Gasteiger partial charge >= 0.3 is 0 Å². The third-order valence-corrected chi connectivity index (χ3v) is 11.5. The Bertz CT molecular complexity index is 2010. The van der Waals surface area contributed by atoms with E-state index in [-0.39, 0.29) is 17.3 Å². The molecule has 3 heterocycles. The number of halogens is 2. The zero-order valence-electron chi connectivity index (χ0n) is 26.6. The summed E-state index contributed by atoms with van der Waals surface area (Å²) < 4.78 is 57.0. The van der Waals surface area contributed by atoms with Gasteiger partial charge in [0, 0.05) is 86.3 Å². The molecule has 1 aromatic heterocycles. The van der Waals surface area contributed by atoms with Crippen LogP contribution in [0.3, 0.4) is 0 Å². The maximum absolute atomic E-state index is 13.0. The van der Waals surface area contributed by atoms with Crippen LogP contribution < -0.4 is 9.62 Å². The number of aryl methyl sites for hydroxylation is 1. The Hall–Kier alpha value is -3.39. The molecule has 14 heteroatoms. The standard InChI is InChI=1S/C34H38Cl2N6O4S2/c1-47(43,44)41-17-13-33-30(25-41)34(27-11-12-31(36)32(23-27)38-48(45,46)22-14-26-7-3-2-4-8-26)37-42(33)16-6-15-39-18-20-40(21-19-39)29-10-5-9-28(35)24-29/h2-5,7-12,14,22-24,38H,6,13,15-21,25H2,1H3/b22-14+. The van der Waals surface area contributed by atoms with Crippen molar-refractivity contribution in [3.8, 4) is 11.3 Å². The summed E-state index contributed by atoms with van der Waals surface area (Å²) in [6, 6.07) is 22.1. The highest BCUT2D eigenvalue weighted by Crippen LogP contribution is 2.35. The van der Waals surface area contributed by atoms with E-state index >= 15 is 0 Å². The number of piperazine rings is 1. The summed E-state index contributed by atoms with van der Waals surface area (Å²) in [4.78, 5) is 4.80. The summed E-state index contributed by atoms with van der Waals surface area (Å²) in [7, 11) is -7.31. The number of sulfonamides is 2. The molecule has 1 saturated heterocycles. The number of hydrogen-bond donors (Lipinski definition) is 1. The van der Waals surface area contributed by atoms with Crippen molar-refractivity contribution in [1.82, 2.24) is 19.0 Å². The van der Waals surface area contributed by atoms with Gasteiger partial charge in [-0.25, -0.2) is 16.8 Å². The summed E-state index contributed by atoms with van der Waals surface area (Å²) in [6.45, 7) is 5.89. The first-order chi connectivity index (χ1) is 22.9. The number of fused-ring (bicyclic) bond motifs is 1. The second kappa shape index (κ2) is 14.6. The Balaban J connectivity index is 1.19. The number of nitrogens with zero attached hydrogens (tertiary/aromatic N) is 5.